The summed E-state index contributed by atoms with van der Waals surface area (Å²) in [6, 6.07) is 0.629. The predicted molar refractivity (Wildman–Crippen MR) is 63.7 cm³/mol. The number of nitrogens with zero attached hydrogens (tertiary/aromatic N) is 1. The van der Waals surface area contributed by atoms with E-state index in [4.69, 9.17) is 9.47 Å². The Morgan fingerprint density at radius 1 is 1.31 bits per heavy atom. The number of hydrogen-bond donors (Lipinski definition) is 1. The van der Waals surface area contributed by atoms with Crippen molar-refractivity contribution in [3.8, 4) is 0 Å². The van der Waals surface area contributed by atoms with E-state index in [0.29, 0.717) is 12.1 Å². The Hall–Kier alpha value is -0.160. The Morgan fingerprint density at radius 3 is 2.94 bits per heavy atom. The third-order valence-electron chi connectivity index (χ3n) is 3.57. The zero-order valence-electron chi connectivity index (χ0n) is 10.3. The lowest BCUT2D eigenvalue weighted by Crippen LogP contribution is -2.38. The summed E-state index contributed by atoms with van der Waals surface area (Å²) in [5, 5.41) is 3.47. The molecule has 0 bridgehead atoms. The van der Waals surface area contributed by atoms with Gasteiger partial charge in [-0.3, -0.25) is 4.90 Å². The molecule has 2 aliphatic rings. The molecule has 2 aliphatic heterocycles. The molecule has 2 rings (SSSR count). The van der Waals surface area contributed by atoms with Crippen LogP contribution >= 0.6 is 0 Å². The first-order chi connectivity index (χ1) is 7.86. The Balaban J connectivity index is 1.50. The van der Waals surface area contributed by atoms with Crippen molar-refractivity contribution in [3.63, 3.8) is 0 Å². The molecule has 2 atom stereocenters. The van der Waals surface area contributed by atoms with Gasteiger partial charge in [0.2, 0.25) is 0 Å². The smallest absolute Gasteiger partial charge is 0.0700 e. The van der Waals surface area contributed by atoms with E-state index in [1.165, 1.54) is 19.3 Å². The molecule has 2 heterocycles. The first-order valence-corrected chi connectivity index (χ1v) is 6.46. The van der Waals surface area contributed by atoms with E-state index in [2.05, 4.69) is 17.3 Å². The summed E-state index contributed by atoms with van der Waals surface area (Å²) in [6.07, 6.45) is 4.09. The molecule has 1 N–H and O–H groups in total. The van der Waals surface area contributed by atoms with Crippen molar-refractivity contribution in [1.29, 1.82) is 0 Å². The van der Waals surface area contributed by atoms with E-state index in [9.17, 15) is 0 Å². The van der Waals surface area contributed by atoms with Crippen LogP contribution in [0, 0.1) is 0 Å². The van der Waals surface area contributed by atoms with Crippen LogP contribution in [0.4, 0.5) is 0 Å². The molecule has 0 amide bonds. The van der Waals surface area contributed by atoms with Gasteiger partial charge in [-0.05, 0) is 26.3 Å². The summed E-state index contributed by atoms with van der Waals surface area (Å²) in [5.74, 6) is 0. The highest BCUT2D eigenvalue weighted by Gasteiger charge is 2.20. The average molecular weight is 228 g/mol. The molecule has 0 aromatic carbocycles. The SMILES string of the molecule is CN(CCNCC1CCCO1)C1CCOC1. The summed E-state index contributed by atoms with van der Waals surface area (Å²) >= 11 is 0. The lowest BCUT2D eigenvalue weighted by atomic mass is 10.2. The van der Waals surface area contributed by atoms with Gasteiger partial charge in [0.05, 0.1) is 12.7 Å². The highest BCUT2D eigenvalue weighted by atomic mass is 16.5. The van der Waals surface area contributed by atoms with Crippen LogP contribution in [0.3, 0.4) is 0 Å². The molecule has 0 aromatic rings. The van der Waals surface area contributed by atoms with Crippen LogP contribution in [-0.2, 0) is 9.47 Å². The van der Waals surface area contributed by atoms with Crippen molar-refractivity contribution in [2.45, 2.75) is 31.4 Å². The van der Waals surface area contributed by atoms with Gasteiger partial charge in [0, 0.05) is 38.9 Å². The number of likely N-dealkylation sites (N-methyl/N-ethyl adjacent to an activating group) is 1. The Morgan fingerprint density at radius 2 is 2.25 bits per heavy atom. The van der Waals surface area contributed by atoms with E-state index in [1.54, 1.807) is 0 Å². The Kier molecular flexibility index (Phi) is 5.03. The quantitative estimate of drug-likeness (QED) is 0.670. The van der Waals surface area contributed by atoms with Gasteiger partial charge in [-0.1, -0.05) is 0 Å². The molecule has 4 heteroatoms. The van der Waals surface area contributed by atoms with Gasteiger partial charge in [0.1, 0.15) is 0 Å². The molecular formula is C12H24N2O2. The van der Waals surface area contributed by atoms with Crippen molar-refractivity contribution in [1.82, 2.24) is 10.2 Å². The van der Waals surface area contributed by atoms with Gasteiger partial charge in [0.15, 0.2) is 0 Å². The molecule has 0 aliphatic carbocycles. The first-order valence-electron chi connectivity index (χ1n) is 6.46. The topological polar surface area (TPSA) is 33.7 Å². The molecule has 2 unspecified atom stereocenters. The Bertz CT molecular complexity index is 189. The fourth-order valence-electron chi connectivity index (χ4n) is 2.38. The second-order valence-corrected chi connectivity index (χ2v) is 4.84. The van der Waals surface area contributed by atoms with Gasteiger partial charge in [-0.2, -0.15) is 0 Å². The van der Waals surface area contributed by atoms with Crippen LogP contribution in [0.1, 0.15) is 19.3 Å². The lowest BCUT2D eigenvalue weighted by Gasteiger charge is -2.23. The maximum atomic E-state index is 5.56. The fraction of sp³-hybridized carbons (Fsp3) is 1.00. The molecule has 16 heavy (non-hydrogen) atoms. The normalized spacial score (nSPS) is 30.4. The van der Waals surface area contributed by atoms with Crippen LogP contribution in [0.25, 0.3) is 0 Å². The lowest BCUT2D eigenvalue weighted by molar-refractivity contribution is 0.108. The van der Waals surface area contributed by atoms with Gasteiger partial charge < -0.3 is 14.8 Å². The van der Waals surface area contributed by atoms with Crippen LogP contribution in [-0.4, -0.2) is 63.5 Å². The van der Waals surface area contributed by atoms with Crippen molar-refractivity contribution in [3.05, 3.63) is 0 Å². The Labute approximate surface area is 98.3 Å². The second kappa shape index (κ2) is 6.55. The largest absolute Gasteiger partial charge is 0.380 e. The number of hydrogen-bond acceptors (Lipinski definition) is 4. The molecule has 2 saturated heterocycles. The second-order valence-electron chi connectivity index (χ2n) is 4.84. The van der Waals surface area contributed by atoms with Gasteiger partial charge in [-0.25, -0.2) is 0 Å². The molecule has 4 nitrogen and oxygen atoms in total. The standard InChI is InChI=1S/C12H24N2O2/c1-14(11-4-8-15-10-11)6-5-13-9-12-3-2-7-16-12/h11-13H,2-10H2,1H3. The molecule has 94 valence electrons. The zero-order valence-corrected chi connectivity index (χ0v) is 10.3. The zero-order chi connectivity index (χ0) is 11.2. The van der Waals surface area contributed by atoms with E-state index >= 15 is 0 Å². The summed E-state index contributed by atoms with van der Waals surface area (Å²) < 4.78 is 10.9. The summed E-state index contributed by atoms with van der Waals surface area (Å²) in [4.78, 5) is 2.40. The molecular weight excluding hydrogens is 204 g/mol. The maximum Gasteiger partial charge on any atom is 0.0700 e. The van der Waals surface area contributed by atoms with Gasteiger partial charge >= 0.3 is 0 Å². The molecule has 0 spiro atoms. The average Bonchev–Trinajstić information content (AvgIpc) is 2.96. The minimum Gasteiger partial charge on any atom is -0.380 e. The van der Waals surface area contributed by atoms with E-state index in [1.807, 2.05) is 0 Å². The highest BCUT2D eigenvalue weighted by molar-refractivity contribution is 4.74. The fourth-order valence-corrected chi connectivity index (χ4v) is 2.38. The maximum absolute atomic E-state index is 5.56. The van der Waals surface area contributed by atoms with Crippen LogP contribution in [0.15, 0.2) is 0 Å². The third-order valence-corrected chi connectivity index (χ3v) is 3.57. The number of nitrogens with one attached hydrogen (secondary N) is 1. The highest BCUT2D eigenvalue weighted by Crippen LogP contribution is 2.11. The van der Waals surface area contributed by atoms with Gasteiger partial charge in [0.25, 0.3) is 0 Å². The number of ether oxygens (including phenoxy) is 2. The molecule has 0 radical (unpaired) electrons. The van der Waals surface area contributed by atoms with Crippen LogP contribution in [0.5, 0.6) is 0 Å². The van der Waals surface area contributed by atoms with Gasteiger partial charge in [-0.15, -0.1) is 0 Å². The summed E-state index contributed by atoms with van der Waals surface area (Å²) in [6.45, 7) is 5.94. The van der Waals surface area contributed by atoms with E-state index in [0.717, 1.165) is 39.5 Å². The summed E-state index contributed by atoms with van der Waals surface area (Å²) in [7, 11) is 2.19. The summed E-state index contributed by atoms with van der Waals surface area (Å²) in [5.41, 5.74) is 0. The molecule has 0 aromatic heterocycles. The van der Waals surface area contributed by atoms with Crippen molar-refractivity contribution >= 4 is 0 Å². The van der Waals surface area contributed by atoms with Crippen molar-refractivity contribution < 1.29 is 9.47 Å². The monoisotopic (exact) mass is 228 g/mol. The molecule has 2 fully saturated rings. The van der Waals surface area contributed by atoms with Crippen LogP contribution in [0.2, 0.25) is 0 Å². The van der Waals surface area contributed by atoms with E-state index in [-0.39, 0.29) is 0 Å². The van der Waals surface area contributed by atoms with E-state index < -0.39 is 0 Å². The first kappa shape index (κ1) is 12.3. The third kappa shape index (κ3) is 3.70. The van der Waals surface area contributed by atoms with Crippen molar-refractivity contribution in [2.75, 3.05) is 46.5 Å². The predicted octanol–water partition coefficient (Wildman–Crippen LogP) is 0.476. The number of rotatable bonds is 6. The minimum atomic E-state index is 0.458. The van der Waals surface area contributed by atoms with Crippen LogP contribution < -0.4 is 5.32 Å². The minimum absolute atomic E-state index is 0.458. The molecule has 0 saturated carbocycles. The van der Waals surface area contributed by atoms with Crippen molar-refractivity contribution in [2.24, 2.45) is 0 Å².